The van der Waals surface area contributed by atoms with Crippen molar-refractivity contribution >= 4 is 5.97 Å². The molecule has 1 heterocycles. The van der Waals surface area contributed by atoms with E-state index in [0.717, 1.165) is 24.1 Å². The zero-order chi connectivity index (χ0) is 11.5. The lowest BCUT2D eigenvalue weighted by Crippen LogP contribution is -2.47. The van der Waals surface area contributed by atoms with Gasteiger partial charge in [0.1, 0.15) is 0 Å². The summed E-state index contributed by atoms with van der Waals surface area (Å²) in [7, 11) is 0. The second-order valence-corrected chi connectivity index (χ2v) is 4.28. The molecule has 0 saturated heterocycles. The van der Waals surface area contributed by atoms with Gasteiger partial charge in [-0.25, -0.2) is 0 Å². The molecular weight excluding hydrogens is 204 g/mol. The minimum Gasteiger partial charge on any atom is -0.481 e. The molecule has 1 aliphatic carbocycles. The number of carboxylic acid groups (broad SMARTS) is 1. The maximum Gasteiger partial charge on any atom is 0.308 e. The van der Waals surface area contributed by atoms with Gasteiger partial charge in [-0.3, -0.25) is 9.78 Å². The molecule has 2 atom stereocenters. The lowest BCUT2D eigenvalue weighted by atomic mass is 9.79. The van der Waals surface area contributed by atoms with E-state index in [1.54, 1.807) is 6.20 Å². The second kappa shape index (κ2) is 4.61. The normalized spacial score (nSPS) is 23.8. The standard InChI is InChI=1S/C12H16N2O2/c1-8-3-2-6-13-11(8)7-14-10-5-4-9(10)12(15)16/h2-3,6,9-10,14H,4-5,7H2,1H3,(H,15,16). The molecule has 1 saturated carbocycles. The van der Waals surface area contributed by atoms with Gasteiger partial charge in [0.05, 0.1) is 11.6 Å². The maximum atomic E-state index is 10.8. The SMILES string of the molecule is Cc1cccnc1CNC1CCC1C(=O)O. The summed E-state index contributed by atoms with van der Waals surface area (Å²) in [6, 6.07) is 4.03. The summed E-state index contributed by atoms with van der Waals surface area (Å²) in [5.41, 5.74) is 2.14. The molecule has 2 unspecified atom stereocenters. The molecule has 0 bridgehead atoms. The summed E-state index contributed by atoms with van der Waals surface area (Å²) in [6.07, 6.45) is 3.50. The first-order valence-corrected chi connectivity index (χ1v) is 5.55. The van der Waals surface area contributed by atoms with Crippen LogP contribution in [0.4, 0.5) is 0 Å². The van der Waals surface area contributed by atoms with Crippen molar-refractivity contribution < 1.29 is 9.90 Å². The average molecular weight is 220 g/mol. The summed E-state index contributed by atoms with van der Waals surface area (Å²) in [5, 5.41) is 12.2. The number of carbonyl (C=O) groups is 1. The molecular formula is C12H16N2O2. The molecule has 1 fully saturated rings. The second-order valence-electron chi connectivity index (χ2n) is 4.28. The smallest absolute Gasteiger partial charge is 0.308 e. The highest BCUT2D eigenvalue weighted by molar-refractivity contribution is 5.72. The molecule has 0 aliphatic heterocycles. The minimum absolute atomic E-state index is 0.110. The number of pyridine rings is 1. The predicted octanol–water partition coefficient (Wildman–Crippen LogP) is 1.34. The average Bonchev–Trinajstić information content (AvgIpc) is 2.18. The molecule has 0 aromatic carbocycles. The Hall–Kier alpha value is -1.42. The molecule has 1 aromatic heterocycles. The van der Waals surface area contributed by atoms with Crippen LogP contribution in [0.15, 0.2) is 18.3 Å². The van der Waals surface area contributed by atoms with Crippen molar-refractivity contribution in [2.75, 3.05) is 0 Å². The fourth-order valence-electron chi connectivity index (χ4n) is 1.97. The zero-order valence-corrected chi connectivity index (χ0v) is 9.31. The van der Waals surface area contributed by atoms with Crippen molar-refractivity contribution in [2.45, 2.75) is 32.4 Å². The van der Waals surface area contributed by atoms with E-state index in [1.807, 2.05) is 19.1 Å². The third-order valence-electron chi connectivity index (χ3n) is 3.24. The van der Waals surface area contributed by atoms with Crippen molar-refractivity contribution in [3.05, 3.63) is 29.6 Å². The van der Waals surface area contributed by atoms with Crippen molar-refractivity contribution in [3.63, 3.8) is 0 Å². The number of aryl methyl sites for hydroxylation is 1. The van der Waals surface area contributed by atoms with E-state index < -0.39 is 5.97 Å². The Labute approximate surface area is 94.7 Å². The van der Waals surface area contributed by atoms with E-state index in [-0.39, 0.29) is 12.0 Å². The number of rotatable bonds is 4. The van der Waals surface area contributed by atoms with E-state index in [1.165, 1.54) is 0 Å². The van der Waals surface area contributed by atoms with Crippen LogP contribution in [0.25, 0.3) is 0 Å². The fraction of sp³-hybridized carbons (Fsp3) is 0.500. The molecule has 2 rings (SSSR count). The number of nitrogens with zero attached hydrogens (tertiary/aromatic N) is 1. The Kier molecular flexibility index (Phi) is 3.19. The van der Waals surface area contributed by atoms with E-state index in [4.69, 9.17) is 5.11 Å². The number of hydrogen-bond acceptors (Lipinski definition) is 3. The Morgan fingerprint density at radius 1 is 1.62 bits per heavy atom. The third-order valence-corrected chi connectivity index (χ3v) is 3.24. The Balaban J connectivity index is 1.89. The van der Waals surface area contributed by atoms with Gasteiger partial charge in [-0.05, 0) is 31.4 Å². The molecule has 4 nitrogen and oxygen atoms in total. The topological polar surface area (TPSA) is 62.2 Å². The van der Waals surface area contributed by atoms with Crippen LogP contribution >= 0.6 is 0 Å². The molecule has 2 N–H and O–H groups in total. The highest BCUT2D eigenvalue weighted by atomic mass is 16.4. The largest absolute Gasteiger partial charge is 0.481 e. The Morgan fingerprint density at radius 3 is 3.00 bits per heavy atom. The molecule has 0 spiro atoms. The van der Waals surface area contributed by atoms with Crippen LogP contribution in [0.3, 0.4) is 0 Å². The Morgan fingerprint density at radius 2 is 2.44 bits per heavy atom. The van der Waals surface area contributed by atoms with Crippen molar-refractivity contribution in [3.8, 4) is 0 Å². The number of hydrogen-bond donors (Lipinski definition) is 2. The van der Waals surface area contributed by atoms with Gasteiger partial charge in [0.2, 0.25) is 0 Å². The number of nitrogens with one attached hydrogen (secondary N) is 1. The van der Waals surface area contributed by atoms with Gasteiger partial charge in [0.25, 0.3) is 0 Å². The van der Waals surface area contributed by atoms with E-state index in [9.17, 15) is 4.79 Å². The molecule has 16 heavy (non-hydrogen) atoms. The van der Waals surface area contributed by atoms with Crippen LogP contribution in [0.2, 0.25) is 0 Å². The van der Waals surface area contributed by atoms with Crippen LogP contribution in [0.5, 0.6) is 0 Å². The first-order valence-electron chi connectivity index (χ1n) is 5.55. The quantitative estimate of drug-likeness (QED) is 0.804. The summed E-state index contributed by atoms with van der Waals surface area (Å²) < 4.78 is 0. The molecule has 1 aliphatic rings. The molecule has 1 aromatic rings. The number of aromatic nitrogens is 1. The van der Waals surface area contributed by atoms with Crippen LogP contribution in [-0.2, 0) is 11.3 Å². The van der Waals surface area contributed by atoms with E-state index in [2.05, 4.69) is 10.3 Å². The van der Waals surface area contributed by atoms with Crippen LogP contribution < -0.4 is 5.32 Å². The fourth-order valence-corrected chi connectivity index (χ4v) is 1.97. The first-order chi connectivity index (χ1) is 7.68. The zero-order valence-electron chi connectivity index (χ0n) is 9.31. The van der Waals surface area contributed by atoms with Gasteiger partial charge in [0.15, 0.2) is 0 Å². The van der Waals surface area contributed by atoms with Crippen LogP contribution in [-0.4, -0.2) is 22.1 Å². The Bertz CT molecular complexity index is 392. The minimum atomic E-state index is -0.693. The summed E-state index contributed by atoms with van der Waals surface area (Å²) in [6.45, 7) is 2.67. The summed E-state index contributed by atoms with van der Waals surface area (Å²) in [5.74, 6) is -0.912. The number of aliphatic carboxylic acids is 1. The monoisotopic (exact) mass is 220 g/mol. The van der Waals surface area contributed by atoms with Gasteiger partial charge >= 0.3 is 5.97 Å². The summed E-state index contributed by atoms with van der Waals surface area (Å²) in [4.78, 5) is 15.1. The van der Waals surface area contributed by atoms with Crippen LogP contribution in [0, 0.1) is 12.8 Å². The first kappa shape index (κ1) is 11.1. The molecule has 4 heteroatoms. The molecule has 0 amide bonds. The van der Waals surface area contributed by atoms with Crippen molar-refractivity contribution in [1.82, 2.24) is 10.3 Å². The molecule has 0 radical (unpaired) electrons. The summed E-state index contributed by atoms with van der Waals surface area (Å²) >= 11 is 0. The van der Waals surface area contributed by atoms with E-state index >= 15 is 0 Å². The van der Waals surface area contributed by atoms with Gasteiger partial charge < -0.3 is 10.4 Å². The third kappa shape index (κ3) is 2.22. The van der Waals surface area contributed by atoms with Gasteiger partial charge in [-0.1, -0.05) is 6.07 Å². The van der Waals surface area contributed by atoms with Gasteiger partial charge in [0, 0.05) is 18.8 Å². The van der Waals surface area contributed by atoms with Gasteiger partial charge in [-0.2, -0.15) is 0 Å². The lowest BCUT2D eigenvalue weighted by Gasteiger charge is -2.34. The maximum absolute atomic E-state index is 10.8. The lowest BCUT2D eigenvalue weighted by molar-refractivity contribution is -0.146. The van der Waals surface area contributed by atoms with Gasteiger partial charge in [-0.15, -0.1) is 0 Å². The number of carboxylic acids is 1. The predicted molar refractivity (Wildman–Crippen MR) is 60.0 cm³/mol. The highest BCUT2D eigenvalue weighted by Gasteiger charge is 2.36. The van der Waals surface area contributed by atoms with Crippen LogP contribution in [0.1, 0.15) is 24.1 Å². The van der Waals surface area contributed by atoms with E-state index in [0.29, 0.717) is 6.54 Å². The van der Waals surface area contributed by atoms with Crippen molar-refractivity contribution in [2.24, 2.45) is 5.92 Å². The highest BCUT2D eigenvalue weighted by Crippen LogP contribution is 2.27. The molecule has 86 valence electrons. The van der Waals surface area contributed by atoms with Crippen molar-refractivity contribution in [1.29, 1.82) is 0 Å².